The van der Waals surface area contributed by atoms with E-state index in [0.29, 0.717) is 12.5 Å². The lowest BCUT2D eigenvalue weighted by atomic mass is 10.2. The minimum atomic E-state index is -4.66. The van der Waals surface area contributed by atoms with Gasteiger partial charge in [-0.3, -0.25) is 4.90 Å². The molecule has 1 aliphatic carbocycles. The fourth-order valence-corrected chi connectivity index (χ4v) is 4.86. The third-order valence-electron chi connectivity index (χ3n) is 6.27. The van der Waals surface area contributed by atoms with Crippen LogP contribution >= 0.6 is 0 Å². The lowest BCUT2D eigenvalue weighted by Gasteiger charge is -2.19. The maximum atomic E-state index is 12.4. The Kier molecular flexibility index (Phi) is 4.95. The van der Waals surface area contributed by atoms with Crippen LogP contribution in [0.2, 0.25) is 0 Å². The largest absolute Gasteiger partial charge is 0.573 e. The number of halogens is 3. The van der Waals surface area contributed by atoms with E-state index in [1.165, 1.54) is 28.7 Å². The van der Waals surface area contributed by atoms with Gasteiger partial charge in [0.05, 0.1) is 0 Å². The summed E-state index contributed by atoms with van der Waals surface area (Å²) in [4.78, 5) is 6.01. The Balaban J connectivity index is 1.06. The number of hydrogen-bond donors (Lipinski definition) is 2. The molecule has 30 heavy (non-hydrogen) atoms. The molecule has 0 bridgehead atoms. The van der Waals surface area contributed by atoms with Gasteiger partial charge in [0.2, 0.25) is 0 Å². The van der Waals surface area contributed by atoms with E-state index < -0.39 is 6.36 Å². The van der Waals surface area contributed by atoms with Crippen molar-refractivity contribution in [3.05, 3.63) is 65.9 Å². The molecule has 2 heterocycles. The van der Waals surface area contributed by atoms with E-state index in [1.807, 2.05) is 12.1 Å². The predicted molar refractivity (Wildman–Crippen MR) is 109 cm³/mol. The first kappa shape index (κ1) is 19.5. The van der Waals surface area contributed by atoms with E-state index in [1.54, 1.807) is 6.07 Å². The van der Waals surface area contributed by atoms with Gasteiger partial charge in [0.25, 0.3) is 0 Å². The molecule has 1 saturated carbocycles. The number of H-pyrrole nitrogens is 1. The van der Waals surface area contributed by atoms with Crippen molar-refractivity contribution in [1.82, 2.24) is 15.2 Å². The molecule has 1 aliphatic heterocycles. The second-order valence-electron chi connectivity index (χ2n) is 8.39. The maximum absolute atomic E-state index is 12.4. The summed E-state index contributed by atoms with van der Waals surface area (Å²) in [6.07, 6.45) is -4.66. The average Bonchev–Trinajstić information content (AvgIpc) is 3.03. The smallest absolute Gasteiger partial charge is 0.406 e. The van der Waals surface area contributed by atoms with Crippen LogP contribution in [0.25, 0.3) is 10.9 Å². The summed E-state index contributed by atoms with van der Waals surface area (Å²) >= 11 is 0. The van der Waals surface area contributed by atoms with Gasteiger partial charge in [-0.15, -0.1) is 13.2 Å². The molecule has 2 aromatic carbocycles. The average molecular weight is 415 g/mol. The van der Waals surface area contributed by atoms with Gasteiger partial charge in [0.15, 0.2) is 0 Å². The van der Waals surface area contributed by atoms with Crippen molar-refractivity contribution in [3.63, 3.8) is 0 Å². The number of hydrogen-bond acceptors (Lipinski definition) is 3. The molecular formula is C23H24F3N3O. The third-order valence-corrected chi connectivity index (χ3v) is 6.27. The van der Waals surface area contributed by atoms with Crippen LogP contribution in [0, 0.1) is 17.8 Å². The van der Waals surface area contributed by atoms with Crippen molar-refractivity contribution in [1.29, 1.82) is 0 Å². The summed E-state index contributed by atoms with van der Waals surface area (Å²) in [6, 6.07) is 16.7. The molecular weight excluding hydrogens is 391 g/mol. The van der Waals surface area contributed by atoms with Crippen LogP contribution in [0.1, 0.15) is 11.3 Å². The summed E-state index contributed by atoms with van der Waals surface area (Å²) in [5.74, 6) is 1.94. The molecule has 4 nitrogen and oxygen atoms in total. The fourth-order valence-electron chi connectivity index (χ4n) is 4.86. The maximum Gasteiger partial charge on any atom is 0.573 e. The number of piperidine rings is 1. The molecule has 2 N–H and O–H groups in total. The molecule has 0 radical (unpaired) electrons. The number of aromatic nitrogens is 1. The molecule has 2 aliphatic rings. The number of alkyl halides is 3. The number of ether oxygens (including phenoxy) is 1. The van der Waals surface area contributed by atoms with Gasteiger partial charge in [-0.05, 0) is 59.5 Å². The Bertz CT molecular complexity index is 987. The van der Waals surface area contributed by atoms with Gasteiger partial charge in [0.1, 0.15) is 5.75 Å². The molecule has 2 unspecified atom stereocenters. The molecule has 158 valence electrons. The molecule has 2 fully saturated rings. The molecule has 3 aromatic rings. The zero-order chi connectivity index (χ0) is 20.7. The second-order valence-corrected chi connectivity index (χ2v) is 8.39. The fraction of sp³-hybridized carbons (Fsp3) is 0.391. The number of fused-ring (bicyclic) bond motifs is 2. The van der Waals surface area contributed by atoms with Crippen molar-refractivity contribution < 1.29 is 17.9 Å². The third kappa shape index (κ3) is 4.32. The predicted octanol–water partition coefficient (Wildman–Crippen LogP) is 4.53. The highest BCUT2D eigenvalue weighted by atomic mass is 19.4. The molecule has 0 spiro atoms. The van der Waals surface area contributed by atoms with Crippen LogP contribution in [0.15, 0.2) is 54.6 Å². The molecule has 5 rings (SSSR count). The number of aromatic amines is 1. The Labute approximate surface area is 173 Å². The van der Waals surface area contributed by atoms with Gasteiger partial charge in [-0.1, -0.05) is 30.3 Å². The number of benzene rings is 2. The summed E-state index contributed by atoms with van der Waals surface area (Å²) < 4.78 is 41.0. The number of nitrogens with zero attached hydrogens (tertiary/aromatic N) is 1. The van der Waals surface area contributed by atoms with Crippen molar-refractivity contribution in [2.45, 2.75) is 19.5 Å². The van der Waals surface area contributed by atoms with E-state index in [9.17, 15) is 13.2 Å². The minimum absolute atomic E-state index is 0.169. The highest BCUT2D eigenvalue weighted by molar-refractivity contribution is 5.80. The molecule has 1 saturated heterocycles. The Morgan fingerprint density at radius 3 is 2.60 bits per heavy atom. The van der Waals surface area contributed by atoms with E-state index in [0.717, 1.165) is 43.6 Å². The van der Waals surface area contributed by atoms with Crippen LogP contribution in [-0.2, 0) is 13.1 Å². The number of nitrogens with one attached hydrogen (secondary N) is 2. The molecule has 1 aromatic heterocycles. The molecule has 0 amide bonds. The standard InChI is InChI=1S/C23H24F3N3O/c24-23(25,26)30-18-6-3-4-15(8-18)10-27-11-19-20-13-29(14-21(19)20)12-17-9-16-5-1-2-7-22(16)28-17/h1-9,19-21,27-28H,10-14H2. The summed E-state index contributed by atoms with van der Waals surface area (Å²) in [5.41, 5.74) is 3.24. The van der Waals surface area contributed by atoms with Gasteiger partial charge in [-0.2, -0.15) is 0 Å². The number of likely N-dealkylation sites (tertiary alicyclic amines) is 1. The highest BCUT2D eigenvalue weighted by Gasteiger charge is 2.54. The second kappa shape index (κ2) is 7.63. The summed E-state index contributed by atoms with van der Waals surface area (Å²) in [5, 5.41) is 4.66. The highest BCUT2D eigenvalue weighted by Crippen LogP contribution is 2.51. The van der Waals surface area contributed by atoms with Crippen LogP contribution in [0.5, 0.6) is 5.75 Å². The number of para-hydroxylation sites is 1. The van der Waals surface area contributed by atoms with E-state index in [-0.39, 0.29) is 5.75 Å². The van der Waals surface area contributed by atoms with Gasteiger partial charge in [0, 0.05) is 37.4 Å². The monoisotopic (exact) mass is 415 g/mol. The van der Waals surface area contributed by atoms with E-state index >= 15 is 0 Å². The summed E-state index contributed by atoms with van der Waals surface area (Å²) in [6.45, 7) is 4.63. The van der Waals surface area contributed by atoms with E-state index in [4.69, 9.17) is 0 Å². The zero-order valence-electron chi connectivity index (χ0n) is 16.5. The number of rotatable bonds is 7. The lowest BCUT2D eigenvalue weighted by Crippen LogP contribution is -2.27. The van der Waals surface area contributed by atoms with Gasteiger partial charge < -0.3 is 15.0 Å². The molecule has 7 heteroatoms. The summed E-state index contributed by atoms with van der Waals surface area (Å²) in [7, 11) is 0. The Morgan fingerprint density at radius 1 is 1.03 bits per heavy atom. The van der Waals surface area contributed by atoms with Crippen LogP contribution < -0.4 is 10.1 Å². The topological polar surface area (TPSA) is 40.3 Å². The lowest BCUT2D eigenvalue weighted by molar-refractivity contribution is -0.274. The van der Waals surface area contributed by atoms with Crippen molar-refractivity contribution in [2.75, 3.05) is 19.6 Å². The normalized spacial score (nSPS) is 23.6. The first-order valence-electron chi connectivity index (χ1n) is 10.3. The van der Waals surface area contributed by atoms with Crippen molar-refractivity contribution in [3.8, 4) is 5.75 Å². The van der Waals surface area contributed by atoms with Crippen LogP contribution in [0.4, 0.5) is 13.2 Å². The van der Waals surface area contributed by atoms with Crippen LogP contribution in [-0.4, -0.2) is 35.9 Å². The minimum Gasteiger partial charge on any atom is -0.406 e. The van der Waals surface area contributed by atoms with Gasteiger partial charge in [-0.25, -0.2) is 0 Å². The Morgan fingerprint density at radius 2 is 1.83 bits per heavy atom. The first-order chi connectivity index (χ1) is 14.4. The van der Waals surface area contributed by atoms with Gasteiger partial charge >= 0.3 is 6.36 Å². The quantitative estimate of drug-likeness (QED) is 0.596. The van der Waals surface area contributed by atoms with Crippen LogP contribution in [0.3, 0.4) is 0 Å². The SMILES string of the molecule is FC(F)(F)Oc1cccc(CNCC2C3CN(Cc4cc5ccccc5[nH]4)CC23)c1. The van der Waals surface area contributed by atoms with E-state index in [2.05, 4.69) is 44.2 Å². The Hall–Kier alpha value is -2.51. The first-order valence-corrected chi connectivity index (χ1v) is 10.3. The van der Waals surface area contributed by atoms with Crippen molar-refractivity contribution >= 4 is 10.9 Å². The molecule has 2 atom stereocenters. The van der Waals surface area contributed by atoms with Crippen molar-refractivity contribution in [2.24, 2.45) is 17.8 Å². The zero-order valence-corrected chi connectivity index (χ0v) is 16.5.